The van der Waals surface area contributed by atoms with Crippen molar-refractivity contribution in [3.63, 3.8) is 0 Å². The summed E-state index contributed by atoms with van der Waals surface area (Å²) in [5.41, 5.74) is 11.1. The van der Waals surface area contributed by atoms with Gasteiger partial charge in [-0.1, -0.05) is 49.0 Å². The monoisotopic (exact) mass is 209 g/mol. The van der Waals surface area contributed by atoms with Crippen LogP contribution < -0.4 is 5.73 Å². The molecule has 0 unspecified atom stereocenters. The highest BCUT2D eigenvalue weighted by molar-refractivity contribution is 5.85. The van der Waals surface area contributed by atoms with Crippen molar-refractivity contribution in [1.29, 1.82) is 0 Å². The lowest BCUT2D eigenvalue weighted by molar-refractivity contribution is 1.42. The predicted molar refractivity (Wildman–Crippen MR) is 70.2 cm³/mol. The second-order valence-corrected chi connectivity index (χ2v) is 3.88. The van der Waals surface area contributed by atoms with Crippen molar-refractivity contribution in [2.45, 2.75) is 6.92 Å². The largest absolute Gasteiger partial charge is 0.398 e. The molecule has 0 fully saturated rings. The van der Waals surface area contributed by atoms with Crippen LogP contribution in [0.25, 0.3) is 5.57 Å². The number of hydrogen-bond acceptors (Lipinski definition) is 1. The van der Waals surface area contributed by atoms with Crippen molar-refractivity contribution < 1.29 is 0 Å². The highest BCUT2D eigenvalue weighted by Crippen LogP contribution is 2.27. The fourth-order valence-electron chi connectivity index (χ4n) is 1.83. The maximum Gasteiger partial charge on any atom is 0.0393 e. The number of rotatable bonds is 2. The third-order valence-corrected chi connectivity index (χ3v) is 2.76. The summed E-state index contributed by atoms with van der Waals surface area (Å²) in [4.78, 5) is 0. The van der Waals surface area contributed by atoms with Crippen LogP contribution in [0.2, 0.25) is 0 Å². The van der Waals surface area contributed by atoms with Gasteiger partial charge in [-0.15, -0.1) is 0 Å². The maximum atomic E-state index is 5.95. The molecule has 2 rings (SSSR count). The summed E-state index contributed by atoms with van der Waals surface area (Å²) in [7, 11) is 0. The molecule has 0 atom stereocenters. The average Bonchev–Trinajstić information content (AvgIpc) is 2.29. The zero-order valence-corrected chi connectivity index (χ0v) is 9.40. The van der Waals surface area contributed by atoms with Gasteiger partial charge in [0.2, 0.25) is 0 Å². The van der Waals surface area contributed by atoms with E-state index in [1.165, 1.54) is 5.56 Å². The third-order valence-electron chi connectivity index (χ3n) is 2.76. The van der Waals surface area contributed by atoms with E-state index in [-0.39, 0.29) is 0 Å². The van der Waals surface area contributed by atoms with Crippen LogP contribution in [0.1, 0.15) is 16.7 Å². The van der Waals surface area contributed by atoms with Gasteiger partial charge in [-0.2, -0.15) is 0 Å². The Morgan fingerprint density at radius 2 is 1.50 bits per heavy atom. The molecular formula is C15H15N. The second kappa shape index (κ2) is 4.23. The molecule has 0 saturated heterocycles. The summed E-state index contributed by atoms with van der Waals surface area (Å²) in [5.74, 6) is 0. The molecule has 2 N–H and O–H groups in total. The molecule has 0 aliphatic heterocycles. The van der Waals surface area contributed by atoms with Crippen LogP contribution in [0.3, 0.4) is 0 Å². The Morgan fingerprint density at radius 1 is 0.938 bits per heavy atom. The summed E-state index contributed by atoms with van der Waals surface area (Å²) >= 11 is 0. The standard InChI is InChI=1S/C15H15N/c1-11-7-3-4-8-13(11)12(2)14-9-5-6-10-15(14)16/h3-10H,2,16H2,1H3. The van der Waals surface area contributed by atoms with Gasteiger partial charge in [0.05, 0.1) is 0 Å². The molecular weight excluding hydrogens is 194 g/mol. The highest BCUT2D eigenvalue weighted by atomic mass is 14.6. The minimum absolute atomic E-state index is 0.774. The van der Waals surface area contributed by atoms with Crippen LogP contribution in [0.4, 0.5) is 5.69 Å². The van der Waals surface area contributed by atoms with Gasteiger partial charge in [-0.05, 0) is 29.7 Å². The SMILES string of the molecule is C=C(c1ccccc1C)c1ccccc1N. The third kappa shape index (κ3) is 1.84. The number of benzene rings is 2. The molecule has 2 aromatic rings. The average molecular weight is 209 g/mol. The maximum absolute atomic E-state index is 5.95. The first-order chi connectivity index (χ1) is 7.70. The zero-order valence-electron chi connectivity index (χ0n) is 9.40. The Hall–Kier alpha value is -2.02. The van der Waals surface area contributed by atoms with E-state index in [9.17, 15) is 0 Å². The van der Waals surface area contributed by atoms with Gasteiger partial charge in [0.15, 0.2) is 0 Å². The van der Waals surface area contributed by atoms with Gasteiger partial charge in [0.1, 0.15) is 0 Å². The summed E-state index contributed by atoms with van der Waals surface area (Å²) in [6, 6.07) is 16.0. The molecule has 0 aliphatic rings. The molecule has 2 aromatic carbocycles. The fraction of sp³-hybridized carbons (Fsp3) is 0.0667. The molecule has 0 bridgehead atoms. The van der Waals surface area contributed by atoms with E-state index in [1.807, 2.05) is 36.4 Å². The van der Waals surface area contributed by atoms with Crippen molar-refractivity contribution in [3.8, 4) is 0 Å². The van der Waals surface area contributed by atoms with Crippen LogP contribution in [-0.4, -0.2) is 0 Å². The minimum Gasteiger partial charge on any atom is -0.398 e. The second-order valence-electron chi connectivity index (χ2n) is 3.88. The number of nitrogen functional groups attached to an aromatic ring is 1. The molecule has 16 heavy (non-hydrogen) atoms. The molecule has 0 aliphatic carbocycles. The van der Waals surface area contributed by atoms with Crippen molar-refractivity contribution in [2.24, 2.45) is 0 Å². The van der Waals surface area contributed by atoms with Gasteiger partial charge in [-0.25, -0.2) is 0 Å². The van der Waals surface area contributed by atoms with Gasteiger partial charge in [0, 0.05) is 11.3 Å². The predicted octanol–water partition coefficient (Wildman–Crippen LogP) is 3.64. The molecule has 1 heteroatoms. The van der Waals surface area contributed by atoms with Crippen molar-refractivity contribution in [1.82, 2.24) is 0 Å². The lowest BCUT2D eigenvalue weighted by Gasteiger charge is -2.11. The smallest absolute Gasteiger partial charge is 0.0393 e. The number of nitrogens with two attached hydrogens (primary N) is 1. The topological polar surface area (TPSA) is 26.0 Å². The van der Waals surface area contributed by atoms with Crippen molar-refractivity contribution >= 4 is 11.3 Å². The first-order valence-electron chi connectivity index (χ1n) is 5.30. The fourth-order valence-corrected chi connectivity index (χ4v) is 1.83. The minimum atomic E-state index is 0.774. The van der Waals surface area contributed by atoms with Crippen LogP contribution in [0.5, 0.6) is 0 Å². The van der Waals surface area contributed by atoms with Crippen molar-refractivity contribution in [2.75, 3.05) is 5.73 Å². The van der Waals surface area contributed by atoms with Crippen LogP contribution in [0, 0.1) is 6.92 Å². The normalized spacial score (nSPS) is 10.1. The molecule has 0 aromatic heterocycles. The summed E-state index contributed by atoms with van der Waals surface area (Å²) in [6.45, 7) is 6.22. The first kappa shape index (κ1) is 10.5. The van der Waals surface area contributed by atoms with E-state index in [0.29, 0.717) is 0 Å². The highest BCUT2D eigenvalue weighted by Gasteiger charge is 2.06. The van der Waals surface area contributed by atoms with E-state index in [1.54, 1.807) is 0 Å². The number of hydrogen-bond donors (Lipinski definition) is 1. The van der Waals surface area contributed by atoms with Crippen LogP contribution in [0.15, 0.2) is 55.1 Å². The molecule has 0 amide bonds. The Labute approximate surface area is 96.2 Å². The van der Waals surface area contributed by atoms with Crippen LogP contribution in [-0.2, 0) is 0 Å². The number of para-hydroxylation sites is 1. The van der Waals surface area contributed by atoms with Crippen LogP contribution >= 0.6 is 0 Å². The molecule has 0 radical (unpaired) electrons. The van der Waals surface area contributed by atoms with Gasteiger partial charge in [0.25, 0.3) is 0 Å². The molecule has 0 saturated carbocycles. The Bertz CT molecular complexity index is 479. The molecule has 80 valence electrons. The van der Waals surface area contributed by atoms with E-state index in [2.05, 4.69) is 25.6 Å². The Balaban J connectivity index is 2.48. The Morgan fingerprint density at radius 3 is 2.12 bits per heavy atom. The lowest BCUT2D eigenvalue weighted by atomic mass is 9.95. The summed E-state index contributed by atoms with van der Waals surface area (Å²) in [5, 5.41) is 0. The zero-order chi connectivity index (χ0) is 11.5. The van der Waals surface area contributed by atoms with E-state index in [4.69, 9.17) is 5.73 Å². The summed E-state index contributed by atoms with van der Waals surface area (Å²) in [6.07, 6.45) is 0. The van der Waals surface area contributed by atoms with Gasteiger partial charge in [-0.3, -0.25) is 0 Å². The first-order valence-corrected chi connectivity index (χ1v) is 5.30. The summed E-state index contributed by atoms with van der Waals surface area (Å²) < 4.78 is 0. The van der Waals surface area contributed by atoms with Crippen molar-refractivity contribution in [3.05, 3.63) is 71.8 Å². The van der Waals surface area contributed by atoms with E-state index >= 15 is 0 Å². The molecule has 0 heterocycles. The quantitative estimate of drug-likeness (QED) is 0.751. The van der Waals surface area contributed by atoms with Gasteiger partial charge >= 0.3 is 0 Å². The van der Waals surface area contributed by atoms with Gasteiger partial charge < -0.3 is 5.73 Å². The molecule has 0 spiro atoms. The molecule has 1 nitrogen and oxygen atoms in total. The number of anilines is 1. The van der Waals surface area contributed by atoms with E-state index in [0.717, 1.165) is 22.4 Å². The number of aryl methyl sites for hydroxylation is 1. The Kier molecular flexibility index (Phi) is 2.78. The lowest BCUT2D eigenvalue weighted by Crippen LogP contribution is -1.95. The van der Waals surface area contributed by atoms with E-state index < -0.39 is 0 Å².